The molecule has 0 saturated heterocycles. The Morgan fingerprint density at radius 3 is 0.937 bits per heavy atom. The summed E-state index contributed by atoms with van der Waals surface area (Å²) in [5.74, 6) is -2.56. The molecule has 0 saturated carbocycles. The number of unbranched alkanes of at least 4 members (excludes halogenated alkanes) is 21. The molecule has 63 heavy (non-hydrogen) atoms. The Morgan fingerprint density at radius 2 is 0.619 bits per heavy atom. The minimum absolute atomic E-state index is 0.116. The Kier molecular flexibility index (Phi) is 42.2. The predicted molar refractivity (Wildman–Crippen MR) is 270 cm³/mol. The van der Waals surface area contributed by atoms with Crippen molar-refractivity contribution in [2.45, 2.75) is 250 Å². The second-order valence-corrected chi connectivity index (χ2v) is 17.6. The van der Waals surface area contributed by atoms with Crippen molar-refractivity contribution in [3.05, 3.63) is 85.1 Å². The van der Waals surface area contributed by atoms with Gasteiger partial charge in [0.25, 0.3) is 0 Å². The number of allylic oxidation sites excluding steroid dienone is 14. The summed E-state index contributed by atoms with van der Waals surface area (Å²) in [6.07, 6.45) is 60.7. The summed E-state index contributed by atoms with van der Waals surface area (Å²) in [4.78, 5) is 41.2. The van der Waals surface area contributed by atoms with Gasteiger partial charge in [-0.25, -0.2) is 0 Å². The Morgan fingerprint density at radius 1 is 0.349 bits per heavy atom. The standard InChI is InChI=1S/C57H96O6/c1-4-7-10-13-16-19-22-25-28-31-34-37-40-43-46-49-53(59)56(62,52-58)57(63,54(60)50-47-44-41-38-35-32-29-26-23-20-17-14-11-8-5-2)55(61)51-48-45-42-39-36-33-30-27-24-21-18-15-12-9-6-3/h8,11,16-21,25-30,58,62-63H,4-7,9-10,12-15,22-24,31-52H2,1-3H3/b11-8-,19-16-,20-17-,21-18-,28-25-,29-26-,30-27-. The Labute approximate surface area is 387 Å². The first-order chi connectivity index (χ1) is 30.8. The molecule has 360 valence electrons. The lowest BCUT2D eigenvalue weighted by Gasteiger charge is -2.39. The quantitative estimate of drug-likeness (QED) is 0.0319. The van der Waals surface area contributed by atoms with Gasteiger partial charge in [-0.1, -0.05) is 189 Å². The summed E-state index contributed by atoms with van der Waals surface area (Å²) in [5.41, 5.74) is -5.82. The molecule has 2 unspecified atom stereocenters. The molecule has 0 aromatic heterocycles. The zero-order valence-corrected chi connectivity index (χ0v) is 40.9. The fourth-order valence-corrected chi connectivity index (χ4v) is 7.69. The van der Waals surface area contributed by atoms with E-state index in [2.05, 4.69) is 106 Å². The summed E-state index contributed by atoms with van der Waals surface area (Å²) in [7, 11) is 0. The average Bonchev–Trinajstić information content (AvgIpc) is 3.29. The van der Waals surface area contributed by atoms with Crippen LogP contribution < -0.4 is 0 Å². The Bertz CT molecular complexity index is 1320. The van der Waals surface area contributed by atoms with Crippen LogP contribution in [0.2, 0.25) is 0 Å². The normalized spacial score (nSPS) is 14.5. The number of carbonyl (C=O) groups excluding carboxylic acids is 3. The van der Waals surface area contributed by atoms with Crippen LogP contribution in [0.5, 0.6) is 0 Å². The van der Waals surface area contributed by atoms with Gasteiger partial charge in [-0.2, -0.15) is 0 Å². The minimum Gasteiger partial charge on any atom is -0.393 e. The van der Waals surface area contributed by atoms with Gasteiger partial charge in [0, 0.05) is 19.3 Å². The fourth-order valence-electron chi connectivity index (χ4n) is 7.69. The summed E-state index contributed by atoms with van der Waals surface area (Å²) in [6, 6.07) is 0. The Balaban J connectivity index is 5.08. The van der Waals surface area contributed by atoms with E-state index in [1.807, 2.05) is 0 Å². The average molecular weight is 877 g/mol. The van der Waals surface area contributed by atoms with Crippen LogP contribution in [0.3, 0.4) is 0 Å². The molecule has 6 heteroatoms. The van der Waals surface area contributed by atoms with Crippen LogP contribution in [0.4, 0.5) is 0 Å². The van der Waals surface area contributed by atoms with Crippen molar-refractivity contribution >= 4 is 17.3 Å². The molecular formula is C57H96O6. The van der Waals surface area contributed by atoms with Crippen molar-refractivity contribution in [2.24, 2.45) is 0 Å². The van der Waals surface area contributed by atoms with Crippen LogP contribution in [0.1, 0.15) is 239 Å². The molecule has 0 aliphatic carbocycles. The highest BCUT2D eigenvalue weighted by Crippen LogP contribution is 2.32. The molecule has 3 N–H and O–H groups in total. The molecular weight excluding hydrogens is 781 g/mol. The van der Waals surface area contributed by atoms with Crippen LogP contribution >= 0.6 is 0 Å². The molecule has 6 nitrogen and oxygen atoms in total. The monoisotopic (exact) mass is 877 g/mol. The third-order valence-corrected chi connectivity index (χ3v) is 11.9. The van der Waals surface area contributed by atoms with Gasteiger partial charge in [0.1, 0.15) is 0 Å². The van der Waals surface area contributed by atoms with Gasteiger partial charge in [0.2, 0.25) is 5.60 Å². The molecule has 2 atom stereocenters. The molecule has 0 heterocycles. The number of aliphatic hydroxyl groups excluding tert-OH is 1. The highest BCUT2D eigenvalue weighted by molar-refractivity contribution is 6.16. The zero-order chi connectivity index (χ0) is 46.4. The van der Waals surface area contributed by atoms with Crippen LogP contribution in [0.15, 0.2) is 85.1 Å². The number of carbonyl (C=O) groups is 3. The topological polar surface area (TPSA) is 112 Å². The van der Waals surface area contributed by atoms with Gasteiger partial charge >= 0.3 is 0 Å². The van der Waals surface area contributed by atoms with Crippen molar-refractivity contribution in [1.29, 1.82) is 0 Å². The van der Waals surface area contributed by atoms with Gasteiger partial charge in [-0.05, 0) is 116 Å². The van der Waals surface area contributed by atoms with E-state index in [1.165, 1.54) is 38.5 Å². The molecule has 0 amide bonds. The third-order valence-electron chi connectivity index (χ3n) is 11.9. The van der Waals surface area contributed by atoms with Crippen LogP contribution in [-0.2, 0) is 14.4 Å². The lowest BCUT2D eigenvalue weighted by Crippen LogP contribution is -2.69. The smallest absolute Gasteiger partial charge is 0.219 e. The highest BCUT2D eigenvalue weighted by Gasteiger charge is 2.62. The molecule has 0 radical (unpaired) electrons. The lowest BCUT2D eigenvalue weighted by molar-refractivity contribution is -0.194. The van der Waals surface area contributed by atoms with Gasteiger partial charge in [-0.3, -0.25) is 14.4 Å². The predicted octanol–water partition coefficient (Wildman–Crippen LogP) is 15.4. The molecule has 0 rings (SSSR count). The number of hydrogen-bond acceptors (Lipinski definition) is 6. The van der Waals surface area contributed by atoms with E-state index in [0.717, 1.165) is 141 Å². The van der Waals surface area contributed by atoms with Crippen molar-refractivity contribution in [3.63, 3.8) is 0 Å². The van der Waals surface area contributed by atoms with Crippen LogP contribution in [-0.4, -0.2) is 50.5 Å². The fraction of sp³-hybridized carbons (Fsp3) is 0.702. The third kappa shape index (κ3) is 31.6. The van der Waals surface area contributed by atoms with Crippen LogP contribution in [0, 0.1) is 0 Å². The summed E-state index contributed by atoms with van der Waals surface area (Å²) >= 11 is 0. The molecule has 0 aromatic rings. The molecule has 0 aromatic carbocycles. The maximum atomic E-state index is 13.8. The van der Waals surface area contributed by atoms with E-state index in [4.69, 9.17) is 0 Å². The molecule has 0 aliphatic heterocycles. The van der Waals surface area contributed by atoms with Gasteiger partial charge in [0.05, 0.1) is 6.61 Å². The molecule has 0 bridgehead atoms. The number of ketones is 3. The van der Waals surface area contributed by atoms with Crippen molar-refractivity contribution in [1.82, 2.24) is 0 Å². The number of hydrogen-bond donors (Lipinski definition) is 3. The SMILES string of the molecule is CC/C=C\C/C=C\C/C=C\CCCCCCCC(=O)C(O)(C(=O)CCCCCCC/C=C\C/C=C\CCCCC)C(O)(CO)C(=O)CCCCCCC/C=C\C/C=C\CCCCC. The largest absolute Gasteiger partial charge is 0.393 e. The minimum atomic E-state index is -2.96. The maximum absolute atomic E-state index is 13.8. The first-order valence-corrected chi connectivity index (χ1v) is 26.0. The zero-order valence-electron chi connectivity index (χ0n) is 40.9. The second-order valence-electron chi connectivity index (χ2n) is 17.6. The first-order valence-electron chi connectivity index (χ1n) is 26.0. The lowest BCUT2D eigenvalue weighted by atomic mass is 9.71. The molecule has 0 fully saturated rings. The summed E-state index contributed by atoms with van der Waals surface area (Å²) in [6.45, 7) is 5.39. The number of rotatable bonds is 46. The van der Waals surface area contributed by atoms with E-state index in [9.17, 15) is 29.7 Å². The number of Topliss-reactive ketones (excluding diaryl/α,β-unsaturated/α-hetero) is 3. The highest BCUT2D eigenvalue weighted by atomic mass is 16.4. The van der Waals surface area contributed by atoms with E-state index in [1.54, 1.807) is 0 Å². The first kappa shape index (κ1) is 60.1. The van der Waals surface area contributed by atoms with Crippen LogP contribution in [0.25, 0.3) is 0 Å². The van der Waals surface area contributed by atoms with Crippen molar-refractivity contribution < 1.29 is 29.7 Å². The van der Waals surface area contributed by atoms with Gasteiger partial charge in [0.15, 0.2) is 23.0 Å². The Hall–Kier alpha value is -2.93. The van der Waals surface area contributed by atoms with E-state index >= 15 is 0 Å². The van der Waals surface area contributed by atoms with Gasteiger partial charge < -0.3 is 15.3 Å². The van der Waals surface area contributed by atoms with Crippen molar-refractivity contribution in [3.8, 4) is 0 Å². The van der Waals surface area contributed by atoms with E-state index < -0.39 is 35.2 Å². The number of aliphatic hydroxyl groups is 3. The summed E-state index contributed by atoms with van der Waals surface area (Å²) < 4.78 is 0. The van der Waals surface area contributed by atoms with Gasteiger partial charge in [-0.15, -0.1) is 0 Å². The molecule has 0 spiro atoms. The molecule has 0 aliphatic rings. The van der Waals surface area contributed by atoms with E-state index in [0.29, 0.717) is 19.3 Å². The van der Waals surface area contributed by atoms with Crippen molar-refractivity contribution in [2.75, 3.05) is 6.61 Å². The summed E-state index contributed by atoms with van der Waals surface area (Å²) in [5, 5.41) is 34.1. The second kappa shape index (κ2) is 44.3. The van der Waals surface area contributed by atoms with E-state index in [-0.39, 0.29) is 19.3 Å². The maximum Gasteiger partial charge on any atom is 0.219 e.